The van der Waals surface area contributed by atoms with Crippen LogP contribution in [0.4, 0.5) is 0 Å². The van der Waals surface area contributed by atoms with Crippen molar-refractivity contribution in [3.8, 4) is 0 Å². The minimum absolute atomic E-state index is 0.0634. The molecule has 0 aliphatic heterocycles. The average Bonchev–Trinajstić information content (AvgIpc) is 3.19. The maximum atomic E-state index is 12.7. The zero-order chi connectivity index (χ0) is 41.0. The van der Waals surface area contributed by atoms with Gasteiger partial charge in [0.1, 0.15) is 13.2 Å². The Morgan fingerprint density at radius 1 is 0.357 bits per heavy atom. The third kappa shape index (κ3) is 42.0. The first-order valence-electron chi connectivity index (χ1n) is 24.9. The highest BCUT2D eigenvalue weighted by Crippen LogP contribution is 2.17. The van der Waals surface area contributed by atoms with Gasteiger partial charge in [-0.05, 0) is 25.2 Å². The molecule has 1 unspecified atom stereocenters. The van der Waals surface area contributed by atoms with E-state index in [-0.39, 0.29) is 31.1 Å². The van der Waals surface area contributed by atoms with Gasteiger partial charge in [0, 0.05) is 19.3 Å². The van der Waals surface area contributed by atoms with Crippen LogP contribution in [-0.2, 0) is 28.6 Å². The van der Waals surface area contributed by atoms with Crippen molar-refractivity contribution in [3.63, 3.8) is 0 Å². The summed E-state index contributed by atoms with van der Waals surface area (Å²) in [6.07, 6.45) is 45.2. The van der Waals surface area contributed by atoms with Crippen LogP contribution in [-0.4, -0.2) is 37.2 Å². The van der Waals surface area contributed by atoms with E-state index in [0.29, 0.717) is 19.3 Å². The largest absolute Gasteiger partial charge is 0.462 e. The van der Waals surface area contributed by atoms with E-state index in [4.69, 9.17) is 14.2 Å². The van der Waals surface area contributed by atoms with Gasteiger partial charge in [-0.15, -0.1) is 0 Å². The molecule has 0 N–H and O–H groups in total. The van der Waals surface area contributed by atoms with Gasteiger partial charge in [-0.3, -0.25) is 14.4 Å². The number of unbranched alkanes of at least 4 members (excludes halogenated alkanes) is 31. The second-order valence-corrected chi connectivity index (χ2v) is 17.3. The summed E-state index contributed by atoms with van der Waals surface area (Å²) < 4.78 is 16.7. The lowest BCUT2D eigenvalue weighted by molar-refractivity contribution is -0.167. The summed E-state index contributed by atoms with van der Waals surface area (Å²) in [6.45, 7) is 9.02. The standard InChI is InChI=1S/C50H96O6/c1-5-8-10-12-14-15-16-19-24-27-31-35-39-43-50(53)56-47(44-54-48(51)41-37-33-28-13-11-9-6-2)45-55-49(52)42-38-34-30-26-23-21-18-17-20-22-25-29-32-36-40-46(4)7-3/h46-47H,5-45H2,1-4H3/t46?,47-/m1/s1. The molecule has 0 saturated carbocycles. The molecule has 6 nitrogen and oxygen atoms in total. The topological polar surface area (TPSA) is 78.9 Å². The second kappa shape index (κ2) is 44.5. The van der Waals surface area contributed by atoms with Crippen molar-refractivity contribution < 1.29 is 28.6 Å². The van der Waals surface area contributed by atoms with Crippen LogP contribution in [0, 0.1) is 5.92 Å². The van der Waals surface area contributed by atoms with E-state index in [1.54, 1.807) is 0 Å². The molecule has 0 aromatic heterocycles. The summed E-state index contributed by atoms with van der Waals surface area (Å²) in [6, 6.07) is 0. The highest BCUT2D eigenvalue weighted by Gasteiger charge is 2.19. The molecule has 0 heterocycles. The molecule has 0 aromatic carbocycles. The van der Waals surface area contributed by atoms with Crippen LogP contribution in [0.25, 0.3) is 0 Å². The molecule has 0 spiro atoms. The van der Waals surface area contributed by atoms with Crippen LogP contribution in [0.1, 0.15) is 278 Å². The zero-order valence-electron chi connectivity index (χ0n) is 38.1. The molecule has 0 rings (SSSR count). The Morgan fingerprint density at radius 3 is 0.929 bits per heavy atom. The lowest BCUT2D eigenvalue weighted by atomic mass is 9.99. The first-order chi connectivity index (χ1) is 27.4. The Kier molecular flexibility index (Phi) is 43.2. The molecule has 0 fully saturated rings. The number of rotatable bonds is 45. The van der Waals surface area contributed by atoms with E-state index in [9.17, 15) is 14.4 Å². The number of hydrogen-bond acceptors (Lipinski definition) is 6. The van der Waals surface area contributed by atoms with Gasteiger partial charge in [-0.1, -0.05) is 240 Å². The fraction of sp³-hybridized carbons (Fsp3) is 0.940. The van der Waals surface area contributed by atoms with Crippen LogP contribution in [0.3, 0.4) is 0 Å². The molecule has 0 amide bonds. The van der Waals surface area contributed by atoms with Crippen molar-refractivity contribution in [1.82, 2.24) is 0 Å². The summed E-state index contributed by atoms with van der Waals surface area (Å²) in [5.74, 6) is 0.0419. The summed E-state index contributed by atoms with van der Waals surface area (Å²) in [5, 5.41) is 0. The Balaban J connectivity index is 4.19. The fourth-order valence-electron chi connectivity index (χ4n) is 7.48. The SMILES string of the molecule is CCCCCCCCCCCCCCCC(=O)O[C@H](COC(=O)CCCCCCCCC)COC(=O)CCCCCCCCCCCCCCCCC(C)CC. The highest BCUT2D eigenvalue weighted by molar-refractivity contribution is 5.71. The van der Waals surface area contributed by atoms with Gasteiger partial charge >= 0.3 is 17.9 Å². The predicted octanol–water partition coefficient (Wildman–Crippen LogP) is 15.9. The Hall–Kier alpha value is -1.59. The van der Waals surface area contributed by atoms with E-state index < -0.39 is 6.10 Å². The molecule has 0 aromatic rings. The minimum Gasteiger partial charge on any atom is -0.462 e. The third-order valence-electron chi connectivity index (χ3n) is 11.7. The zero-order valence-corrected chi connectivity index (χ0v) is 38.1. The lowest BCUT2D eigenvalue weighted by Crippen LogP contribution is -2.30. The van der Waals surface area contributed by atoms with E-state index in [1.165, 1.54) is 173 Å². The molecule has 0 saturated heterocycles. The Morgan fingerprint density at radius 2 is 0.625 bits per heavy atom. The van der Waals surface area contributed by atoms with Gasteiger partial charge < -0.3 is 14.2 Å². The monoisotopic (exact) mass is 793 g/mol. The third-order valence-corrected chi connectivity index (χ3v) is 11.7. The molecule has 0 aliphatic rings. The van der Waals surface area contributed by atoms with Crippen molar-refractivity contribution in [1.29, 1.82) is 0 Å². The van der Waals surface area contributed by atoms with Gasteiger partial charge in [-0.25, -0.2) is 0 Å². The number of hydrogen-bond donors (Lipinski definition) is 0. The quantitative estimate of drug-likeness (QED) is 0.0347. The van der Waals surface area contributed by atoms with Gasteiger partial charge in [0.15, 0.2) is 6.10 Å². The van der Waals surface area contributed by atoms with E-state index >= 15 is 0 Å². The molecule has 0 aliphatic carbocycles. The molecule has 56 heavy (non-hydrogen) atoms. The Labute approximate surface area is 348 Å². The molecule has 332 valence electrons. The second-order valence-electron chi connectivity index (χ2n) is 17.3. The molecule has 2 atom stereocenters. The van der Waals surface area contributed by atoms with Gasteiger partial charge in [-0.2, -0.15) is 0 Å². The Bertz CT molecular complexity index is 843. The predicted molar refractivity (Wildman–Crippen MR) is 238 cm³/mol. The van der Waals surface area contributed by atoms with Crippen LogP contribution in [0.5, 0.6) is 0 Å². The average molecular weight is 793 g/mol. The maximum absolute atomic E-state index is 12.7. The highest BCUT2D eigenvalue weighted by atomic mass is 16.6. The van der Waals surface area contributed by atoms with Gasteiger partial charge in [0.2, 0.25) is 0 Å². The molecule has 6 heteroatoms. The summed E-state index contributed by atoms with van der Waals surface area (Å²) in [4.78, 5) is 37.7. The normalized spacial score (nSPS) is 12.4. The molecule has 0 radical (unpaired) electrons. The maximum Gasteiger partial charge on any atom is 0.306 e. The molecular formula is C50H96O6. The molecular weight excluding hydrogens is 697 g/mol. The van der Waals surface area contributed by atoms with E-state index in [0.717, 1.165) is 63.7 Å². The summed E-state index contributed by atoms with van der Waals surface area (Å²) in [5.41, 5.74) is 0. The van der Waals surface area contributed by atoms with Crippen LogP contribution in [0.2, 0.25) is 0 Å². The lowest BCUT2D eigenvalue weighted by Gasteiger charge is -2.18. The number of carbonyl (C=O) groups excluding carboxylic acids is 3. The summed E-state index contributed by atoms with van der Waals surface area (Å²) >= 11 is 0. The first kappa shape index (κ1) is 54.4. The summed E-state index contributed by atoms with van der Waals surface area (Å²) in [7, 11) is 0. The first-order valence-corrected chi connectivity index (χ1v) is 24.9. The van der Waals surface area contributed by atoms with Crippen molar-refractivity contribution >= 4 is 17.9 Å². The number of ether oxygens (including phenoxy) is 3. The van der Waals surface area contributed by atoms with Gasteiger partial charge in [0.25, 0.3) is 0 Å². The van der Waals surface area contributed by atoms with Crippen molar-refractivity contribution in [3.05, 3.63) is 0 Å². The smallest absolute Gasteiger partial charge is 0.306 e. The van der Waals surface area contributed by atoms with Crippen LogP contribution >= 0.6 is 0 Å². The van der Waals surface area contributed by atoms with Gasteiger partial charge in [0.05, 0.1) is 0 Å². The van der Waals surface area contributed by atoms with Crippen molar-refractivity contribution in [2.75, 3.05) is 13.2 Å². The minimum atomic E-state index is -0.758. The fourth-order valence-corrected chi connectivity index (χ4v) is 7.48. The van der Waals surface area contributed by atoms with E-state index in [2.05, 4.69) is 27.7 Å². The molecule has 0 bridgehead atoms. The van der Waals surface area contributed by atoms with Crippen molar-refractivity contribution in [2.24, 2.45) is 5.92 Å². The van der Waals surface area contributed by atoms with Crippen LogP contribution < -0.4 is 0 Å². The van der Waals surface area contributed by atoms with Crippen LogP contribution in [0.15, 0.2) is 0 Å². The number of carbonyl (C=O) groups is 3. The van der Waals surface area contributed by atoms with E-state index in [1.807, 2.05) is 0 Å². The number of esters is 3. The van der Waals surface area contributed by atoms with Crippen molar-refractivity contribution in [2.45, 2.75) is 284 Å².